The first-order valence-corrected chi connectivity index (χ1v) is 15.8. The van der Waals surface area contributed by atoms with E-state index in [1.54, 1.807) is 40.0 Å². The topological polar surface area (TPSA) is 78.0 Å². The van der Waals surface area contributed by atoms with Crippen LogP contribution in [0, 0.1) is 17.7 Å². The molecule has 0 saturated heterocycles. The number of carbonyl (C=O) groups is 2. The summed E-state index contributed by atoms with van der Waals surface area (Å²) in [7, 11) is 0. The van der Waals surface area contributed by atoms with Crippen molar-refractivity contribution < 1.29 is 41.4 Å². The van der Waals surface area contributed by atoms with Gasteiger partial charge < -0.3 is 14.2 Å². The van der Waals surface area contributed by atoms with Crippen molar-refractivity contribution in [3.05, 3.63) is 93.4 Å². The number of rotatable bonds is 6. The van der Waals surface area contributed by atoms with E-state index in [0.29, 0.717) is 24.2 Å². The summed E-state index contributed by atoms with van der Waals surface area (Å²) >= 11 is 0. The first kappa shape index (κ1) is 32.8. The molecule has 7 nitrogen and oxygen atoms in total. The van der Waals surface area contributed by atoms with Crippen molar-refractivity contribution in [1.82, 2.24) is 9.88 Å². The van der Waals surface area contributed by atoms with Crippen molar-refractivity contribution in [2.75, 3.05) is 13.2 Å². The molecule has 0 N–H and O–H groups in total. The lowest BCUT2D eigenvalue weighted by atomic mass is 9.73. The first-order valence-electron chi connectivity index (χ1n) is 15.8. The molecule has 0 radical (unpaired) electrons. The fraction of sp³-hybridized carbons (Fsp3) is 0.472. The summed E-state index contributed by atoms with van der Waals surface area (Å²) in [6.45, 7) is 10.6. The minimum absolute atomic E-state index is 0.000878. The van der Waals surface area contributed by atoms with E-state index in [2.05, 4.69) is 4.98 Å². The van der Waals surface area contributed by atoms with Crippen LogP contribution in [0.25, 0.3) is 0 Å². The molecule has 4 unspecified atom stereocenters. The van der Waals surface area contributed by atoms with E-state index >= 15 is 4.39 Å². The summed E-state index contributed by atoms with van der Waals surface area (Å²) in [5, 5.41) is 0. The lowest BCUT2D eigenvalue weighted by molar-refractivity contribution is -0.145. The van der Waals surface area contributed by atoms with Gasteiger partial charge >= 0.3 is 18.2 Å². The zero-order valence-corrected chi connectivity index (χ0v) is 27.2. The Labute approximate surface area is 271 Å². The van der Waals surface area contributed by atoms with Gasteiger partial charge in [0.05, 0.1) is 24.1 Å². The molecular weight excluding hydrogens is 616 g/mol. The van der Waals surface area contributed by atoms with Crippen LogP contribution in [0.5, 0.6) is 5.88 Å². The fourth-order valence-corrected chi connectivity index (χ4v) is 7.21. The summed E-state index contributed by atoms with van der Waals surface area (Å²) in [5.41, 5.74) is 0.194. The Balaban J connectivity index is 1.34. The number of esters is 1. The molecule has 1 aliphatic heterocycles. The number of ether oxygens (including phenoxy) is 3. The predicted octanol–water partition coefficient (Wildman–Crippen LogP) is 7.89. The number of benzene rings is 2. The largest absolute Gasteiger partial charge is 0.473 e. The van der Waals surface area contributed by atoms with E-state index < -0.39 is 40.7 Å². The van der Waals surface area contributed by atoms with Crippen molar-refractivity contribution in [3.63, 3.8) is 0 Å². The Morgan fingerprint density at radius 3 is 2.45 bits per heavy atom. The highest BCUT2D eigenvalue weighted by Crippen LogP contribution is 2.62. The number of fused-ring (bicyclic) bond motifs is 4. The lowest BCUT2D eigenvalue weighted by Gasteiger charge is -2.46. The summed E-state index contributed by atoms with van der Waals surface area (Å²) in [6.07, 6.45) is -3.11. The number of halogens is 4. The van der Waals surface area contributed by atoms with Crippen molar-refractivity contribution in [3.8, 4) is 5.88 Å². The molecule has 6 rings (SSSR count). The molecule has 1 amide bonds. The van der Waals surface area contributed by atoms with Crippen LogP contribution in [0.1, 0.15) is 92.4 Å². The van der Waals surface area contributed by atoms with Gasteiger partial charge in [0.1, 0.15) is 18.0 Å². The Morgan fingerprint density at radius 2 is 1.77 bits per heavy atom. The number of alkyl halides is 3. The second kappa shape index (κ2) is 11.5. The molecule has 0 spiro atoms. The minimum atomic E-state index is -4.70. The van der Waals surface area contributed by atoms with E-state index in [1.807, 2.05) is 13.8 Å². The number of hydrogen-bond acceptors (Lipinski definition) is 6. The lowest BCUT2D eigenvalue weighted by Crippen LogP contribution is -2.50. The molecule has 1 saturated carbocycles. The average Bonchev–Trinajstić information content (AvgIpc) is 3.56. The second-order valence-corrected chi connectivity index (χ2v) is 14.2. The molecule has 2 aliphatic carbocycles. The molecule has 3 aliphatic rings. The molecule has 2 heterocycles. The molecule has 1 fully saturated rings. The maximum atomic E-state index is 15.7. The van der Waals surface area contributed by atoms with Gasteiger partial charge in [-0.05, 0) is 86.1 Å². The number of carbonyl (C=O) groups excluding carboxylic acids is 2. The first-order chi connectivity index (χ1) is 22.0. The van der Waals surface area contributed by atoms with E-state index in [-0.39, 0.29) is 53.9 Å². The summed E-state index contributed by atoms with van der Waals surface area (Å²) < 4.78 is 75.6. The van der Waals surface area contributed by atoms with Crippen molar-refractivity contribution in [2.45, 2.75) is 83.7 Å². The maximum Gasteiger partial charge on any atom is 0.416 e. The predicted molar refractivity (Wildman–Crippen MR) is 164 cm³/mol. The Morgan fingerprint density at radius 1 is 1.04 bits per heavy atom. The van der Waals surface area contributed by atoms with Crippen LogP contribution < -0.4 is 4.74 Å². The second-order valence-electron chi connectivity index (χ2n) is 14.2. The van der Waals surface area contributed by atoms with Crippen LogP contribution >= 0.6 is 0 Å². The standard InChI is InChI=1S/C36H38F4N2O5/c1-7-45-32(43)30-23-12-19-14-28(41-16-24(19)29(23)30)46-17-20-13-22-26(15-27(20)37)35(5,6)18-42(33(44)47-34(2,3)4)31(22)21-10-8-9-11-25(21)36(38,39)40/h8-11,13-16,23,29-31H,7,12,17-18H2,1-6H3. The van der Waals surface area contributed by atoms with Crippen molar-refractivity contribution in [1.29, 1.82) is 0 Å². The average molecular weight is 655 g/mol. The maximum absolute atomic E-state index is 15.7. The van der Waals surface area contributed by atoms with Gasteiger partial charge in [-0.2, -0.15) is 13.2 Å². The van der Waals surface area contributed by atoms with Crippen LogP contribution in [0.4, 0.5) is 22.4 Å². The molecule has 3 aromatic rings. The van der Waals surface area contributed by atoms with Gasteiger partial charge in [-0.15, -0.1) is 0 Å². The SMILES string of the molecule is CCOC(=O)C1C2Cc3cc(OCc4cc5c(cc4F)C(C)(C)CN(C(=O)OC(C)(C)C)C5c4ccccc4C(F)(F)F)ncc3C21. The number of aromatic nitrogens is 1. The smallest absolute Gasteiger partial charge is 0.416 e. The molecule has 11 heteroatoms. The third kappa shape index (κ3) is 6.16. The molecular formula is C36H38F4N2O5. The zero-order valence-electron chi connectivity index (χ0n) is 27.2. The quantitative estimate of drug-likeness (QED) is 0.199. The van der Waals surface area contributed by atoms with E-state index in [1.165, 1.54) is 35.2 Å². The number of nitrogens with zero attached hydrogens (tertiary/aromatic N) is 2. The van der Waals surface area contributed by atoms with Crippen LogP contribution in [0.3, 0.4) is 0 Å². The fourth-order valence-electron chi connectivity index (χ4n) is 7.21. The Hall–Kier alpha value is -4.15. The van der Waals surface area contributed by atoms with Crippen LogP contribution in [0.2, 0.25) is 0 Å². The Kier molecular flexibility index (Phi) is 8.04. The van der Waals surface area contributed by atoms with Gasteiger partial charge in [-0.25, -0.2) is 14.2 Å². The summed E-state index contributed by atoms with van der Waals surface area (Å²) in [4.78, 5) is 31.6. The normalized spacial score (nSPS) is 22.6. The van der Waals surface area contributed by atoms with Crippen LogP contribution in [-0.4, -0.2) is 40.7 Å². The van der Waals surface area contributed by atoms with Crippen LogP contribution in [0.15, 0.2) is 48.7 Å². The van der Waals surface area contributed by atoms with Crippen molar-refractivity contribution in [2.24, 2.45) is 11.8 Å². The highest BCUT2D eigenvalue weighted by Gasteiger charge is 2.60. The number of hydrogen-bond donors (Lipinski definition) is 0. The third-order valence-corrected chi connectivity index (χ3v) is 9.23. The molecule has 47 heavy (non-hydrogen) atoms. The highest BCUT2D eigenvalue weighted by atomic mass is 19.4. The van der Waals surface area contributed by atoms with Crippen molar-refractivity contribution >= 4 is 12.1 Å². The van der Waals surface area contributed by atoms with Gasteiger partial charge in [0.15, 0.2) is 0 Å². The van der Waals surface area contributed by atoms with Gasteiger partial charge in [0.25, 0.3) is 0 Å². The van der Waals surface area contributed by atoms with Gasteiger partial charge in [0.2, 0.25) is 5.88 Å². The minimum Gasteiger partial charge on any atom is -0.473 e. The van der Waals surface area contributed by atoms with E-state index in [0.717, 1.165) is 17.2 Å². The van der Waals surface area contributed by atoms with Gasteiger partial charge in [-0.1, -0.05) is 32.0 Å². The summed E-state index contributed by atoms with van der Waals surface area (Å²) in [6, 6.07) is 8.52. The van der Waals surface area contributed by atoms with E-state index in [4.69, 9.17) is 14.2 Å². The highest BCUT2D eigenvalue weighted by molar-refractivity contribution is 5.79. The molecule has 0 bridgehead atoms. The third-order valence-electron chi connectivity index (χ3n) is 9.23. The Bertz CT molecular complexity index is 1730. The monoisotopic (exact) mass is 654 g/mol. The molecule has 4 atom stereocenters. The number of amides is 1. The van der Waals surface area contributed by atoms with Crippen LogP contribution in [-0.2, 0) is 38.9 Å². The van der Waals surface area contributed by atoms with E-state index in [9.17, 15) is 22.8 Å². The molecule has 1 aromatic heterocycles. The van der Waals surface area contributed by atoms with Gasteiger partial charge in [0, 0.05) is 35.7 Å². The number of pyridine rings is 1. The van der Waals surface area contributed by atoms with Gasteiger partial charge in [-0.3, -0.25) is 9.69 Å². The summed E-state index contributed by atoms with van der Waals surface area (Å²) in [5.74, 6) is -0.403. The molecule has 2 aromatic carbocycles. The molecule has 250 valence electrons. The zero-order chi connectivity index (χ0) is 34.1.